The molecular weight excluding hydrogens is 208 g/mol. The predicted octanol–water partition coefficient (Wildman–Crippen LogP) is 1.00. The van der Waals surface area contributed by atoms with Crippen molar-refractivity contribution in [2.45, 2.75) is 6.92 Å². The van der Waals surface area contributed by atoms with Gasteiger partial charge in [0.2, 0.25) is 5.91 Å². The van der Waals surface area contributed by atoms with Crippen LogP contribution in [-0.2, 0) is 9.59 Å². The number of fused-ring (bicyclic) bond motifs is 1. The largest absolute Gasteiger partial charge is 0.482 e. The van der Waals surface area contributed by atoms with Crippen molar-refractivity contribution in [1.29, 1.82) is 0 Å². The maximum Gasteiger partial charge on any atom is 0.264 e. The van der Waals surface area contributed by atoms with Gasteiger partial charge in [0, 0.05) is 19.7 Å². The summed E-state index contributed by atoms with van der Waals surface area (Å²) in [5.74, 6) is 0.398. The lowest BCUT2D eigenvalue weighted by molar-refractivity contribution is -0.121. The summed E-state index contributed by atoms with van der Waals surface area (Å²) in [6, 6.07) is 5.20. The number of rotatable bonds is 1. The second-order valence-electron chi connectivity index (χ2n) is 3.61. The van der Waals surface area contributed by atoms with Gasteiger partial charge in [-0.15, -0.1) is 0 Å². The summed E-state index contributed by atoms with van der Waals surface area (Å²) in [5.41, 5.74) is 1.32. The van der Waals surface area contributed by atoms with Gasteiger partial charge in [0.05, 0.1) is 5.69 Å². The van der Waals surface area contributed by atoms with Gasteiger partial charge in [0.25, 0.3) is 5.91 Å². The molecule has 1 N–H and O–H groups in total. The molecule has 0 bridgehead atoms. The summed E-state index contributed by atoms with van der Waals surface area (Å²) in [4.78, 5) is 23.8. The van der Waals surface area contributed by atoms with Crippen molar-refractivity contribution in [2.24, 2.45) is 0 Å². The highest BCUT2D eigenvalue weighted by molar-refractivity contribution is 5.98. The molecule has 16 heavy (non-hydrogen) atoms. The second kappa shape index (κ2) is 3.84. The Morgan fingerprint density at radius 2 is 2.25 bits per heavy atom. The van der Waals surface area contributed by atoms with E-state index in [0.717, 1.165) is 0 Å². The van der Waals surface area contributed by atoms with E-state index in [2.05, 4.69) is 5.32 Å². The molecule has 1 heterocycles. The van der Waals surface area contributed by atoms with Crippen molar-refractivity contribution in [1.82, 2.24) is 0 Å². The zero-order valence-electron chi connectivity index (χ0n) is 9.11. The van der Waals surface area contributed by atoms with Gasteiger partial charge in [-0.3, -0.25) is 9.59 Å². The van der Waals surface area contributed by atoms with Crippen molar-refractivity contribution in [3.8, 4) is 5.75 Å². The Morgan fingerprint density at radius 3 is 2.94 bits per heavy atom. The van der Waals surface area contributed by atoms with Crippen LogP contribution in [0, 0.1) is 0 Å². The molecule has 0 saturated heterocycles. The van der Waals surface area contributed by atoms with Crippen LogP contribution in [0.15, 0.2) is 18.2 Å². The van der Waals surface area contributed by atoms with Crippen LogP contribution in [-0.4, -0.2) is 25.5 Å². The van der Waals surface area contributed by atoms with E-state index in [1.165, 1.54) is 11.8 Å². The lowest BCUT2D eigenvalue weighted by Gasteiger charge is -2.26. The number of amides is 2. The Balaban J connectivity index is 2.36. The molecule has 1 aliphatic rings. The molecule has 0 unspecified atom stereocenters. The molecule has 0 spiro atoms. The van der Waals surface area contributed by atoms with Gasteiger partial charge in [-0.2, -0.15) is 0 Å². The van der Waals surface area contributed by atoms with Gasteiger partial charge in [-0.1, -0.05) is 0 Å². The Labute approximate surface area is 93.0 Å². The molecule has 5 nitrogen and oxygen atoms in total. The number of hydrogen-bond donors (Lipinski definition) is 1. The number of carbonyl (C=O) groups excluding carboxylic acids is 2. The van der Waals surface area contributed by atoms with E-state index >= 15 is 0 Å². The molecule has 0 fully saturated rings. The maximum atomic E-state index is 11.4. The molecule has 0 saturated carbocycles. The first-order chi connectivity index (χ1) is 7.58. The molecule has 0 aliphatic carbocycles. The monoisotopic (exact) mass is 220 g/mol. The Morgan fingerprint density at radius 1 is 1.50 bits per heavy atom. The average Bonchev–Trinajstić information content (AvgIpc) is 2.23. The van der Waals surface area contributed by atoms with E-state index in [-0.39, 0.29) is 18.4 Å². The second-order valence-corrected chi connectivity index (χ2v) is 3.61. The number of ether oxygens (including phenoxy) is 1. The van der Waals surface area contributed by atoms with Crippen molar-refractivity contribution < 1.29 is 14.3 Å². The summed E-state index contributed by atoms with van der Waals surface area (Å²) >= 11 is 0. The summed E-state index contributed by atoms with van der Waals surface area (Å²) in [7, 11) is 1.68. The van der Waals surface area contributed by atoms with E-state index in [1.807, 2.05) is 0 Å². The minimum absolute atomic E-state index is 0.0585. The number of hydrogen-bond acceptors (Lipinski definition) is 3. The SMILES string of the molecule is CC(=O)Nc1ccc2c(c1)N(C)C(=O)CO2. The molecule has 0 aromatic heterocycles. The van der Waals surface area contributed by atoms with Crippen LogP contribution >= 0.6 is 0 Å². The van der Waals surface area contributed by atoms with Gasteiger partial charge < -0.3 is 15.0 Å². The third kappa shape index (κ3) is 1.84. The van der Waals surface area contributed by atoms with Gasteiger partial charge in [0.15, 0.2) is 6.61 Å². The van der Waals surface area contributed by atoms with Crippen LogP contribution in [0.3, 0.4) is 0 Å². The standard InChI is InChI=1S/C11H12N2O3/c1-7(14)12-8-3-4-10-9(5-8)13(2)11(15)6-16-10/h3-5H,6H2,1-2H3,(H,12,14). The summed E-state index contributed by atoms with van der Waals surface area (Å²) < 4.78 is 5.26. The zero-order chi connectivity index (χ0) is 11.7. The van der Waals surface area contributed by atoms with Crippen LogP contribution < -0.4 is 15.0 Å². The highest BCUT2D eigenvalue weighted by Gasteiger charge is 2.22. The van der Waals surface area contributed by atoms with Crippen molar-refractivity contribution >= 4 is 23.2 Å². The highest BCUT2D eigenvalue weighted by Crippen LogP contribution is 2.33. The first-order valence-corrected chi connectivity index (χ1v) is 4.89. The predicted molar refractivity (Wildman–Crippen MR) is 59.7 cm³/mol. The number of anilines is 2. The smallest absolute Gasteiger partial charge is 0.264 e. The molecule has 0 atom stereocenters. The van der Waals surface area contributed by atoms with Gasteiger partial charge in [-0.25, -0.2) is 0 Å². The number of nitrogens with zero attached hydrogens (tertiary/aromatic N) is 1. The maximum absolute atomic E-state index is 11.4. The van der Waals surface area contributed by atoms with E-state index < -0.39 is 0 Å². The quantitative estimate of drug-likeness (QED) is 0.768. The van der Waals surface area contributed by atoms with E-state index in [1.54, 1.807) is 25.2 Å². The highest BCUT2D eigenvalue weighted by atomic mass is 16.5. The lowest BCUT2D eigenvalue weighted by Crippen LogP contribution is -2.35. The van der Waals surface area contributed by atoms with Crippen LogP contribution in [0.5, 0.6) is 5.75 Å². The number of likely N-dealkylation sites (N-methyl/N-ethyl adjacent to an activating group) is 1. The van der Waals surface area contributed by atoms with Gasteiger partial charge >= 0.3 is 0 Å². The molecular formula is C11H12N2O3. The summed E-state index contributed by atoms with van der Waals surface area (Å²) in [6.45, 7) is 1.49. The minimum Gasteiger partial charge on any atom is -0.482 e. The van der Waals surface area contributed by atoms with Crippen molar-refractivity contribution in [3.05, 3.63) is 18.2 Å². The number of benzene rings is 1. The Hall–Kier alpha value is -2.04. The van der Waals surface area contributed by atoms with E-state index in [0.29, 0.717) is 17.1 Å². The minimum atomic E-state index is -0.148. The van der Waals surface area contributed by atoms with Gasteiger partial charge in [-0.05, 0) is 18.2 Å². The normalized spacial score (nSPS) is 14.1. The van der Waals surface area contributed by atoms with Crippen molar-refractivity contribution in [3.63, 3.8) is 0 Å². The topological polar surface area (TPSA) is 58.6 Å². The van der Waals surface area contributed by atoms with Crippen LogP contribution in [0.4, 0.5) is 11.4 Å². The molecule has 2 rings (SSSR count). The Kier molecular flexibility index (Phi) is 2.52. The fourth-order valence-corrected chi connectivity index (χ4v) is 1.55. The van der Waals surface area contributed by atoms with Gasteiger partial charge in [0.1, 0.15) is 5.75 Å². The molecule has 1 aliphatic heterocycles. The molecule has 84 valence electrons. The molecule has 1 aromatic rings. The zero-order valence-corrected chi connectivity index (χ0v) is 9.11. The molecule has 1 aromatic carbocycles. The van der Waals surface area contributed by atoms with E-state index in [4.69, 9.17) is 4.74 Å². The summed E-state index contributed by atoms with van der Waals surface area (Å²) in [6.07, 6.45) is 0. The third-order valence-electron chi connectivity index (χ3n) is 2.37. The first-order valence-electron chi connectivity index (χ1n) is 4.89. The van der Waals surface area contributed by atoms with E-state index in [9.17, 15) is 9.59 Å². The number of carbonyl (C=O) groups is 2. The molecule has 0 radical (unpaired) electrons. The number of nitrogens with one attached hydrogen (secondary N) is 1. The van der Waals surface area contributed by atoms with Crippen LogP contribution in [0.2, 0.25) is 0 Å². The van der Waals surface area contributed by atoms with Crippen LogP contribution in [0.1, 0.15) is 6.92 Å². The molecule has 2 amide bonds. The average molecular weight is 220 g/mol. The van der Waals surface area contributed by atoms with Crippen LogP contribution in [0.25, 0.3) is 0 Å². The fourth-order valence-electron chi connectivity index (χ4n) is 1.55. The third-order valence-corrected chi connectivity index (χ3v) is 2.37. The van der Waals surface area contributed by atoms with Crippen molar-refractivity contribution in [2.75, 3.05) is 23.9 Å². The first kappa shape index (κ1) is 10.5. The Bertz CT molecular complexity index is 457. The summed E-state index contributed by atoms with van der Waals surface area (Å²) in [5, 5.41) is 2.66. The lowest BCUT2D eigenvalue weighted by atomic mass is 10.2. The molecule has 5 heteroatoms. The fraction of sp³-hybridized carbons (Fsp3) is 0.273.